The first-order chi connectivity index (χ1) is 12.6. The van der Waals surface area contributed by atoms with Gasteiger partial charge in [-0.2, -0.15) is 0 Å². The highest BCUT2D eigenvalue weighted by Gasteiger charge is 2.24. The Morgan fingerprint density at radius 1 is 1.42 bits per heavy atom. The predicted octanol–water partition coefficient (Wildman–Crippen LogP) is 2.49. The Balaban J connectivity index is 1.93. The molecule has 0 aliphatic carbocycles. The van der Waals surface area contributed by atoms with Crippen LogP contribution in [0, 0.1) is 0 Å². The third-order valence-corrected chi connectivity index (χ3v) is 5.77. The molecule has 26 heavy (non-hydrogen) atoms. The van der Waals surface area contributed by atoms with Crippen LogP contribution >= 0.6 is 11.8 Å². The molecule has 0 saturated carbocycles. The minimum atomic E-state index is -0.338. The summed E-state index contributed by atoms with van der Waals surface area (Å²) in [6, 6.07) is 7.69. The molecule has 7 nitrogen and oxygen atoms in total. The van der Waals surface area contributed by atoms with E-state index < -0.39 is 0 Å². The quantitative estimate of drug-likeness (QED) is 0.712. The first-order valence-corrected chi connectivity index (χ1v) is 9.65. The summed E-state index contributed by atoms with van der Waals surface area (Å²) < 4.78 is 13.0. The lowest BCUT2D eigenvalue weighted by Gasteiger charge is -2.16. The summed E-state index contributed by atoms with van der Waals surface area (Å²) in [6.07, 6.45) is 2.85. The molecule has 2 heterocycles. The van der Waals surface area contributed by atoms with Crippen LogP contribution in [0.2, 0.25) is 0 Å². The number of primary amides is 1. The molecule has 1 fully saturated rings. The van der Waals surface area contributed by atoms with E-state index in [0.29, 0.717) is 18.1 Å². The normalized spacial score (nSPS) is 18.0. The minimum Gasteiger partial charge on any atom is -0.497 e. The highest BCUT2D eigenvalue weighted by molar-refractivity contribution is 8.00. The van der Waals surface area contributed by atoms with Gasteiger partial charge in [-0.15, -0.1) is 10.2 Å². The van der Waals surface area contributed by atoms with E-state index >= 15 is 0 Å². The van der Waals surface area contributed by atoms with Crippen LogP contribution in [0.4, 0.5) is 0 Å². The van der Waals surface area contributed by atoms with Crippen molar-refractivity contribution in [3.63, 3.8) is 0 Å². The van der Waals surface area contributed by atoms with Gasteiger partial charge in [-0.25, -0.2) is 0 Å². The molecule has 1 aromatic carbocycles. The first kappa shape index (κ1) is 18.7. The van der Waals surface area contributed by atoms with Crippen LogP contribution in [0.15, 0.2) is 29.4 Å². The van der Waals surface area contributed by atoms with Crippen LogP contribution in [0.1, 0.15) is 26.2 Å². The van der Waals surface area contributed by atoms with Gasteiger partial charge in [0.05, 0.1) is 25.0 Å². The van der Waals surface area contributed by atoms with Gasteiger partial charge in [0.15, 0.2) is 11.0 Å². The van der Waals surface area contributed by atoms with Crippen LogP contribution in [0.25, 0.3) is 11.4 Å². The second-order valence-electron chi connectivity index (χ2n) is 6.20. The molecule has 3 rings (SSSR count). The molecular formula is C18H24N4O3S. The van der Waals surface area contributed by atoms with Crippen molar-refractivity contribution < 1.29 is 14.3 Å². The number of methoxy groups -OCH3 is 1. The van der Waals surface area contributed by atoms with Crippen LogP contribution in [0.3, 0.4) is 0 Å². The Kier molecular flexibility index (Phi) is 6.16. The van der Waals surface area contributed by atoms with Crippen molar-refractivity contribution in [3.8, 4) is 17.1 Å². The fourth-order valence-electron chi connectivity index (χ4n) is 2.96. The molecule has 1 saturated heterocycles. The standard InChI is InChI=1S/C18H24N4O3S/c1-3-15(16(19)23)26-18-21-20-17(12-6-8-13(24-2)9-7-12)22(18)11-14-5-4-10-25-14/h6-9,14-15H,3-5,10-11H2,1-2H3,(H2,19,23). The number of nitrogens with zero attached hydrogens (tertiary/aromatic N) is 3. The van der Waals surface area contributed by atoms with Crippen molar-refractivity contribution in [1.82, 2.24) is 14.8 Å². The molecular weight excluding hydrogens is 352 g/mol. The van der Waals surface area contributed by atoms with Gasteiger partial charge in [-0.3, -0.25) is 9.36 Å². The number of nitrogens with two attached hydrogens (primary N) is 1. The molecule has 1 aliphatic heterocycles. The monoisotopic (exact) mass is 376 g/mol. The van der Waals surface area contributed by atoms with E-state index in [1.807, 2.05) is 35.8 Å². The average Bonchev–Trinajstić information content (AvgIpc) is 3.30. The Hall–Kier alpha value is -2.06. The zero-order valence-electron chi connectivity index (χ0n) is 15.1. The number of aromatic nitrogens is 3. The SMILES string of the molecule is CCC(Sc1nnc(-c2ccc(OC)cc2)n1CC1CCCO1)C(N)=O. The second-order valence-corrected chi connectivity index (χ2v) is 7.37. The van der Waals surface area contributed by atoms with Crippen molar-refractivity contribution >= 4 is 17.7 Å². The van der Waals surface area contributed by atoms with Crippen molar-refractivity contribution in [3.05, 3.63) is 24.3 Å². The molecule has 0 radical (unpaired) electrons. The zero-order valence-corrected chi connectivity index (χ0v) is 15.9. The maximum absolute atomic E-state index is 11.6. The van der Waals surface area contributed by atoms with Gasteiger partial charge in [0, 0.05) is 12.2 Å². The number of carbonyl (C=O) groups excluding carboxylic acids is 1. The van der Waals surface area contributed by atoms with Gasteiger partial charge in [-0.05, 0) is 43.5 Å². The largest absolute Gasteiger partial charge is 0.497 e. The number of rotatable bonds is 8. The van der Waals surface area contributed by atoms with Crippen molar-refractivity contribution in [2.45, 2.75) is 49.2 Å². The van der Waals surface area contributed by atoms with Crippen molar-refractivity contribution in [1.29, 1.82) is 0 Å². The summed E-state index contributed by atoms with van der Waals surface area (Å²) in [7, 11) is 1.64. The lowest BCUT2D eigenvalue weighted by molar-refractivity contribution is -0.117. The molecule has 1 aromatic heterocycles. The highest BCUT2D eigenvalue weighted by Crippen LogP contribution is 2.30. The van der Waals surface area contributed by atoms with E-state index in [1.165, 1.54) is 11.8 Å². The van der Waals surface area contributed by atoms with Crippen molar-refractivity contribution in [2.24, 2.45) is 5.73 Å². The van der Waals surface area contributed by atoms with Crippen LogP contribution in [0.5, 0.6) is 5.75 Å². The Morgan fingerprint density at radius 2 is 2.19 bits per heavy atom. The summed E-state index contributed by atoms with van der Waals surface area (Å²) in [5.41, 5.74) is 6.44. The first-order valence-electron chi connectivity index (χ1n) is 8.77. The number of hydrogen-bond acceptors (Lipinski definition) is 6. The van der Waals surface area contributed by atoms with Gasteiger partial charge >= 0.3 is 0 Å². The molecule has 2 N–H and O–H groups in total. The van der Waals surface area contributed by atoms with Crippen LogP contribution in [-0.4, -0.2) is 45.7 Å². The number of ether oxygens (including phenoxy) is 2. The van der Waals surface area contributed by atoms with Crippen LogP contribution < -0.4 is 10.5 Å². The Morgan fingerprint density at radius 3 is 2.77 bits per heavy atom. The molecule has 2 unspecified atom stereocenters. The highest BCUT2D eigenvalue weighted by atomic mass is 32.2. The number of amides is 1. The molecule has 1 aliphatic rings. The summed E-state index contributed by atoms with van der Waals surface area (Å²) in [5, 5.41) is 9.07. The maximum atomic E-state index is 11.6. The van der Waals surface area contributed by atoms with E-state index in [1.54, 1.807) is 7.11 Å². The van der Waals surface area contributed by atoms with Gasteiger partial charge in [0.2, 0.25) is 5.91 Å². The second kappa shape index (κ2) is 8.55. The van der Waals surface area contributed by atoms with E-state index in [4.69, 9.17) is 15.2 Å². The molecule has 0 spiro atoms. The van der Waals surface area contributed by atoms with Gasteiger partial charge < -0.3 is 15.2 Å². The summed E-state index contributed by atoms with van der Waals surface area (Å²) in [6.45, 7) is 3.38. The smallest absolute Gasteiger partial charge is 0.231 e. The fraction of sp³-hybridized carbons (Fsp3) is 0.500. The lowest BCUT2D eigenvalue weighted by atomic mass is 10.2. The van der Waals surface area contributed by atoms with Crippen LogP contribution in [-0.2, 0) is 16.1 Å². The number of carbonyl (C=O) groups is 1. The molecule has 1 amide bonds. The number of thioether (sulfide) groups is 1. The zero-order chi connectivity index (χ0) is 18.5. The Labute approximate surface area is 157 Å². The van der Waals surface area contributed by atoms with E-state index in [-0.39, 0.29) is 17.3 Å². The topological polar surface area (TPSA) is 92.3 Å². The summed E-state index contributed by atoms with van der Waals surface area (Å²) in [5.74, 6) is 1.20. The number of benzene rings is 1. The maximum Gasteiger partial charge on any atom is 0.231 e. The van der Waals surface area contributed by atoms with Gasteiger partial charge in [-0.1, -0.05) is 18.7 Å². The van der Waals surface area contributed by atoms with E-state index in [0.717, 1.165) is 36.6 Å². The summed E-state index contributed by atoms with van der Waals surface area (Å²) >= 11 is 1.36. The van der Waals surface area contributed by atoms with E-state index in [2.05, 4.69) is 10.2 Å². The average molecular weight is 376 g/mol. The molecule has 2 atom stereocenters. The van der Waals surface area contributed by atoms with E-state index in [9.17, 15) is 4.79 Å². The molecule has 0 bridgehead atoms. The lowest BCUT2D eigenvalue weighted by Crippen LogP contribution is -2.26. The van der Waals surface area contributed by atoms with Gasteiger partial charge in [0.1, 0.15) is 5.75 Å². The number of hydrogen-bond donors (Lipinski definition) is 1. The predicted molar refractivity (Wildman–Crippen MR) is 100 cm³/mol. The third-order valence-electron chi connectivity index (χ3n) is 4.41. The van der Waals surface area contributed by atoms with Crippen molar-refractivity contribution in [2.75, 3.05) is 13.7 Å². The summed E-state index contributed by atoms with van der Waals surface area (Å²) in [4.78, 5) is 11.6. The Bertz CT molecular complexity index is 741. The fourth-order valence-corrected chi connectivity index (χ4v) is 3.87. The molecule has 140 valence electrons. The molecule has 2 aromatic rings. The minimum absolute atomic E-state index is 0.135. The molecule has 8 heteroatoms. The van der Waals surface area contributed by atoms with Gasteiger partial charge in [0.25, 0.3) is 0 Å². The third kappa shape index (κ3) is 4.19.